The highest BCUT2D eigenvalue weighted by Crippen LogP contribution is 2.33. The molecule has 118 valence electrons. The summed E-state index contributed by atoms with van der Waals surface area (Å²) >= 11 is 6.06. The lowest BCUT2D eigenvalue weighted by Gasteiger charge is -2.32. The van der Waals surface area contributed by atoms with Crippen molar-refractivity contribution in [1.29, 1.82) is 0 Å². The summed E-state index contributed by atoms with van der Waals surface area (Å²) in [4.78, 5) is 22.4. The molecule has 0 fully saturated rings. The number of rotatable bonds is 2. The van der Waals surface area contributed by atoms with Gasteiger partial charge < -0.3 is 5.73 Å². The topological polar surface area (TPSA) is 71.6 Å². The lowest BCUT2D eigenvalue weighted by molar-refractivity contribution is -0.128. The molecule has 2 N–H and O–H groups in total. The molecule has 1 aliphatic rings. The standard InChI is InChI=1S/C17H17ClN4O/c1-17(10-15(23)22(2)16(19)21-17)14-9-12(6-7-20-14)11-4-3-5-13(18)8-11/h3-9H,10H2,1-2H3,(H2,19,21)/t17-/m0/s1. The van der Waals surface area contributed by atoms with Crippen molar-refractivity contribution < 1.29 is 4.79 Å². The van der Waals surface area contributed by atoms with E-state index in [0.29, 0.717) is 10.7 Å². The quantitative estimate of drug-likeness (QED) is 0.921. The minimum Gasteiger partial charge on any atom is -0.369 e. The van der Waals surface area contributed by atoms with E-state index < -0.39 is 5.54 Å². The normalized spacial score (nSPS) is 21.3. The van der Waals surface area contributed by atoms with Crippen LogP contribution in [0.25, 0.3) is 11.1 Å². The van der Waals surface area contributed by atoms with E-state index in [-0.39, 0.29) is 18.3 Å². The Morgan fingerprint density at radius 2 is 2.00 bits per heavy atom. The van der Waals surface area contributed by atoms with Crippen molar-refractivity contribution in [3.8, 4) is 11.1 Å². The second-order valence-corrected chi connectivity index (χ2v) is 6.25. The van der Waals surface area contributed by atoms with Crippen LogP contribution >= 0.6 is 11.6 Å². The third kappa shape index (κ3) is 2.92. The van der Waals surface area contributed by atoms with E-state index in [0.717, 1.165) is 11.1 Å². The first-order chi connectivity index (χ1) is 10.9. The molecular weight excluding hydrogens is 312 g/mol. The Morgan fingerprint density at radius 1 is 1.26 bits per heavy atom. The van der Waals surface area contributed by atoms with Gasteiger partial charge in [-0.3, -0.25) is 14.7 Å². The van der Waals surface area contributed by atoms with Crippen LogP contribution in [0.4, 0.5) is 0 Å². The fourth-order valence-electron chi connectivity index (χ4n) is 2.63. The lowest BCUT2D eigenvalue weighted by atomic mass is 9.90. The largest absolute Gasteiger partial charge is 0.369 e. The molecule has 1 atom stereocenters. The molecule has 2 heterocycles. The van der Waals surface area contributed by atoms with Crippen LogP contribution < -0.4 is 5.73 Å². The molecule has 0 saturated carbocycles. The van der Waals surface area contributed by atoms with E-state index >= 15 is 0 Å². The molecule has 23 heavy (non-hydrogen) atoms. The number of hydrogen-bond acceptors (Lipinski definition) is 4. The first-order valence-electron chi connectivity index (χ1n) is 7.23. The fraction of sp³-hybridized carbons (Fsp3) is 0.235. The van der Waals surface area contributed by atoms with Crippen LogP contribution in [0.2, 0.25) is 5.02 Å². The van der Waals surface area contributed by atoms with Crippen LogP contribution in [0.1, 0.15) is 19.0 Å². The maximum Gasteiger partial charge on any atom is 0.231 e. The molecule has 0 saturated heterocycles. The van der Waals surface area contributed by atoms with Crippen molar-refractivity contribution in [3.05, 3.63) is 53.3 Å². The summed E-state index contributed by atoms with van der Waals surface area (Å²) in [6.07, 6.45) is 1.95. The molecule has 0 radical (unpaired) electrons. The number of carbonyl (C=O) groups is 1. The number of amides is 1. The highest BCUT2D eigenvalue weighted by atomic mass is 35.5. The summed E-state index contributed by atoms with van der Waals surface area (Å²) in [6.45, 7) is 1.87. The number of aromatic nitrogens is 1. The van der Waals surface area contributed by atoms with E-state index in [1.165, 1.54) is 4.90 Å². The van der Waals surface area contributed by atoms with E-state index in [1.807, 2.05) is 43.3 Å². The summed E-state index contributed by atoms with van der Waals surface area (Å²) in [6, 6.07) is 11.4. The van der Waals surface area contributed by atoms with Crippen molar-refractivity contribution in [2.45, 2.75) is 18.9 Å². The molecule has 2 aromatic rings. The smallest absolute Gasteiger partial charge is 0.231 e. The molecule has 6 heteroatoms. The summed E-state index contributed by atoms with van der Waals surface area (Å²) in [5.41, 5.74) is 7.76. The van der Waals surface area contributed by atoms with Gasteiger partial charge in [0.05, 0.1) is 12.1 Å². The number of carbonyl (C=O) groups excluding carboxylic acids is 1. The molecule has 5 nitrogen and oxygen atoms in total. The Kier molecular flexibility index (Phi) is 3.82. The average Bonchev–Trinajstić information content (AvgIpc) is 2.53. The second-order valence-electron chi connectivity index (χ2n) is 5.81. The van der Waals surface area contributed by atoms with Gasteiger partial charge in [0.25, 0.3) is 0 Å². The Bertz CT molecular complexity index is 805. The maximum absolute atomic E-state index is 12.1. The zero-order valence-corrected chi connectivity index (χ0v) is 13.7. The van der Waals surface area contributed by atoms with Crippen LogP contribution in [-0.4, -0.2) is 28.8 Å². The number of nitrogens with two attached hydrogens (primary N) is 1. The van der Waals surface area contributed by atoms with Gasteiger partial charge in [0.2, 0.25) is 5.91 Å². The number of nitrogens with zero attached hydrogens (tertiary/aromatic N) is 3. The Labute approximate surface area is 139 Å². The zero-order chi connectivity index (χ0) is 16.6. The molecular formula is C17H17ClN4O. The van der Waals surface area contributed by atoms with Crippen LogP contribution in [0.3, 0.4) is 0 Å². The first kappa shape index (κ1) is 15.5. The molecule has 0 spiro atoms. The first-order valence-corrected chi connectivity index (χ1v) is 7.61. The van der Waals surface area contributed by atoms with Crippen LogP contribution in [0.5, 0.6) is 0 Å². The van der Waals surface area contributed by atoms with Crippen molar-refractivity contribution in [2.75, 3.05) is 7.05 Å². The average molecular weight is 329 g/mol. The van der Waals surface area contributed by atoms with Gasteiger partial charge in [0.1, 0.15) is 5.54 Å². The van der Waals surface area contributed by atoms with Gasteiger partial charge in [-0.1, -0.05) is 23.7 Å². The molecule has 0 aliphatic carbocycles. The van der Waals surface area contributed by atoms with Gasteiger partial charge >= 0.3 is 0 Å². The molecule has 0 unspecified atom stereocenters. The van der Waals surface area contributed by atoms with E-state index in [1.54, 1.807) is 13.2 Å². The van der Waals surface area contributed by atoms with Gasteiger partial charge in [-0.25, -0.2) is 4.99 Å². The van der Waals surface area contributed by atoms with Crippen LogP contribution in [-0.2, 0) is 10.3 Å². The second kappa shape index (κ2) is 5.66. The van der Waals surface area contributed by atoms with Gasteiger partial charge in [0, 0.05) is 18.3 Å². The van der Waals surface area contributed by atoms with E-state index in [9.17, 15) is 4.79 Å². The summed E-state index contributed by atoms with van der Waals surface area (Å²) in [5, 5.41) is 0.670. The summed E-state index contributed by atoms with van der Waals surface area (Å²) in [5.74, 6) is 0.133. The molecule has 1 aliphatic heterocycles. The molecule has 1 aromatic carbocycles. The minimum absolute atomic E-state index is 0.0741. The Balaban J connectivity index is 2.05. The van der Waals surface area contributed by atoms with Crippen LogP contribution in [0.15, 0.2) is 47.6 Å². The number of pyridine rings is 1. The Morgan fingerprint density at radius 3 is 2.70 bits per heavy atom. The van der Waals surface area contributed by atoms with Crippen molar-refractivity contribution >= 4 is 23.5 Å². The lowest BCUT2D eigenvalue weighted by Crippen LogP contribution is -2.47. The number of hydrogen-bond donors (Lipinski definition) is 1. The monoisotopic (exact) mass is 328 g/mol. The maximum atomic E-state index is 12.1. The van der Waals surface area contributed by atoms with E-state index in [2.05, 4.69) is 9.98 Å². The SMILES string of the molecule is CN1C(=O)C[C@@](C)(c2cc(-c3cccc(Cl)c3)ccn2)N=C1N. The van der Waals surface area contributed by atoms with Crippen molar-refractivity contribution in [2.24, 2.45) is 10.7 Å². The summed E-state index contributed by atoms with van der Waals surface area (Å²) in [7, 11) is 1.62. The predicted octanol–water partition coefficient (Wildman–Crippen LogP) is 2.79. The number of guanidine groups is 1. The van der Waals surface area contributed by atoms with Gasteiger partial charge in [-0.2, -0.15) is 0 Å². The number of benzene rings is 1. The molecule has 0 bridgehead atoms. The highest BCUT2D eigenvalue weighted by molar-refractivity contribution is 6.30. The zero-order valence-electron chi connectivity index (χ0n) is 13.0. The van der Waals surface area contributed by atoms with Gasteiger partial charge in [0.15, 0.2) is 5.96 Å². The van der Waals surface area contributed by atoms with Crippen LogP contribution in [0, 0.1) is 0 Å². The van der Waals surface area contributed by atoms with Gasteiger partial charge in [-0.15, -0.1) is 0 Å². The summed E-state index contributed by atoms with van der Waals surface area (Å²) < 4.78 is 0. The number of aliphatic imine (C=N–C) groups is 1. The predicted molar refractivity (Wildman–Crippen MR) is 91.0 cm³/mol. The molecule has 3 rings (SSSR count). The highest BCUT2D eigenvalue weighted by Gasteiger charge is 2.37. The molecule has 1 amide bonds. The van der Waals surface area contributed by atoms with Crippen molar-refractivity contribution in [3.63, 3.8) is 0 Å². The molecule has 1 aromatic heterocycles. The fourth-order valence-corrected chi connectivity index (χ4v) is 2.82. The Hall–Kier alpha value is -2.40. The van der Waals surface area contributed by atoms with Gasteiger partial charge in [-0.05, 0) is 42.3 Å². The third-order valence-electron chi connectivity index (χ3n) is 4.04. The number of halogens is 1. The van der Waals surface area contributed by atoms with E-state index in [4.69, 9.17) is 17.3 Å². The third-order valence-corrected chi connectivity index (χ3v) is 4.28. The van der Waals surface area contributed by atoms with Crippen molar-refractivity contribution in [1.82, 2.24) is 9.88 Å². The minimum atomic E-state index is -0.762.